The van der Waals surface area contributed by atoms with Crippen molar-refractivity contribution in [1.29, 1.82) is 0 Å². The first-order chi connectivity index (χ1) is 17.5. The number of primary amides is 1. The van der Waals surface area contributed by atoms with Crippen LogP contribution in [0.1, 0.15) is 24.1 Å². The summed E-state index contributed by atoms with van der Waals surface area (Å²) in [5.74, 6) is 3.02. The molecule has 1 amide bonds. The zero-order valence-corrected chi connectivity index (χ0v) is 20.6. The van der Waals surface area contributed by atoms with Gasteiger partial charge in [0.05, 0.1) is 38.9 Å². The Morgan fingerprint density at radius 3 is 2.64 bits per heavy atom. The van der Waals surface area contributed by atoms with E-state index in [0.29, 0.717) is 35.6 Å². The van der Waals surface area contributed by atoms with Crippen molar-refractivity contribution in [2.75, 3.05) is 44.6 Å². The number of amides is 1. The van der Waals surface area contributed by atoms with Crippen molar-refractivity contribution < 1.29 is 19.0 Å². The fourth-order valence-electron chi connectivity index (χ4n) is 4.81. The zero-order chi connectivity index (χ0) is 25.2. The lowest BCUT2D eigenvalue weighted by Gasteiger charge is -2.28. The quantitative estimate of drug-likeness (QED) is 0.422. The molecule has 1 aromatic carbocycles. The maximum Gasteiger partial charge on any atom is 0.240 e. The highest BCUT2D eigenvalue weighted by molar-refractivity contribution is 5.84. The Morgan fingerprint density at radius 2 is 1.94 bits per heavy atom. The summed E-state index contributed by atoms with van der Waals surface area (Å²) in [5.41, 5.74) is 8.45. The van der Waals surface area contributed by atoms with E-state index in [1.807, 2.05) is 27.8 Å². The summed E-state index contributed by atoms with van der Waals surface area (Å²) in [7, 11) is 4.71. The monoisotopic (exact) mass is 494 g/mol. The maximum absolute atomic E-state index is 12.1. The van der Waals surface area contributed by atoms with Crippen LogP contribution in [0.4, 0.5) is 17.6 Å². The average molecular weight is 495 g/mol. The number of imidazole rings is 1. The molecule has 2 aromatic heterocycles. The molecule has 0 spiro atoms. The van der Waals surface area contributed by atoms with E-state index in [0.717, 1.165) is 55.1 Å². The molecule has 36 heavy (non-hydrogen) atoms. The van der Waals surface area contributed by atoms with Crippen molar-refractivity contribution >= 4 is 23.5 Å². The number of nitrogens with two attached hydrogens (primary N) is 1. The second-order valence-corrected chi connectivity index (χ2v) is 8.65. The van der Waals surface area contributed by atoms with Crippen LogP contribution in [0.25, 0.3) is 5.69 Å². The lowest BCUT2D eigenvalue weighted by atomic mass is 10.1. The lowest BCUT2D eigenvalue weighted by molar-refractivity contribution is -0.119. The molecule has 12 nitrogen and oxygen atoms in total. The van der Waals surface area contributed by atoms with Gasteiger partial charge in [0.2, 0.25) is 17.6 Å². The van der Waals surface area contributed by atoms with Crippen molar-refractivity contribution in [2.24, 2.45) is 5.73 Å². The summed E-state index contributed by atoms with van der Waals surface area (Å²) in [4.78, 5) is 28.1. The first kappa shape index (κ1) is 23.7. The van der Waals surface area contributed by atoms with Gasteiger partial charge in [0.25, 0.3) is 0 Å². The minimum atomic E-state index is -0.356. The molecule has 1 fully saturated rings. The highest BCUT2D eigenvalue weighted by Crippen LogP contribution is 2.39. The van der Waals surface area contributed by atoms with Gasteiger partial charge >= 0.3 is 0 Å². The number of hydrogen-bond acceptors (Lipinski definition) is 10. The second kappa shape index (κ2) is 9.90. The summed E-state index contributed by atoms with van der Waals surface area (Å²) < 4.78 is 18.2. The number of hydrogen-bond donors (Lipinski definition) is 3. The van der Waals surface area contributed by atoms with Crippen LogP contribution in [-0.4, -0.2) is 65.9 Å². The summed E-state index contributed by atoms with van der Waals surface area (Å²) in [6.45, 7) is 2.21. The Kier molecular flexibility index (Phi) is 6.51. The Morgan fingerprint density at radius 1 is 1.17 bits per heavy atom. The van der Waals surface area contributed by atoms with Gasteiger partial charge in [-0.1, -0.05) is 0 Å². The van der Waals surface area contributed by atoms with Gasteiger partial charge in [-0.15, -0.1) is 0 Å². The number of anilines is 3. The van der Waals surface area contributed by atoms with E-state index in [1.54, 1.807) is 27.7 Å². The van der Waals surface area contributed by atoms with Gasteiger partial charge in [0.15, 0.2) is 17.3 Å². The first-order valence-electron chi connectivity index (χ1n) is 11.8. The number of ether oxygens (including phenoxy) is 3. The minimum Gasteiger partial charge on any atom is -0.493 e. The molecule has 0 saturated carbocycles. The van der Waals surface area contributed by atoms with Crippen molar-refractivity contribution in [1.82, 2.24) is 24.8 Å². The highest BCUT2D eigenvalue weighted by Gasteiger charge is 2.33. The van der Waals surface area contributed by atoms with Crippen molar-refractivity contribution in [2.45, 2.75) is 31.8 Å². The summed E-state index contributed by atoms with van der Waals surface area (Å²) in [6.07, 6.45) is 5.92. The van der Waals surface area contributed by atoms with Crippen LogP contribution in [0, 0.1) is 0 Å². The fraction of sp³-hybridized carbons (Fsp3) is 0.417. The van der Waals surface area contributed by atoms with Gasteiger partial charge in [-0.05, 0) is 25.8 Å². The van der Waals surface area contributed by atoms with Gasteiger partial charge in [-0.2, -0.15) is 4.98 Å². The Labute approximate surface area is 208 Å². The fourth-order valence-corrected chi connectivity index (χ4v) is 4.81. The SMILES string of the molecule is COc1cc(-n2cnc(Nc3nc4c(c(N5CCC[C@H]5C(N)=O)n3)CCNC4)c2)cc(OC)c1OC. The predicted molar refractivity (Wildman–Crippen MR) is 134 cm³/mol. The van der Waals surface area contributed by atoms with E-state index in [1.165, 1.54) is 0 Å². The lowest BCUT2D eigenvalue weighted by Crippen LogP contribution is -2.42. The molecule has 190 valence electrons. The normalized spacial score (nSPS) is 17.0. The van der Waals surface area contributed by atoms with E-state index in [2.05, 4.69) is 15.6 Å². The molecule has 0 radical (unpaired) electrons. The molecule has 2 aliphatic rings. The van der Waals surface area contributed by atoms with Crippen LogP contribution >= 0.6 is 0 Å². The Hall–Kier alpha value is -4.06. The average Bonchev–Trinajstić information content (AvgIpc) is 3.57. The largest absolute Gasteiger partial charge is 0.493 e. The van der Waals surface area contributed by atoms with Gasteiger partial charge < -0.3 is 40.0 Å². The molecule has 3 aromatic rings. The predicted octanol–water partition coefficient (Wildman–Crippen LogP) is 1.53. The molecular formula is C24H30N8O4. The number of methoxy groups -OCH3 is 3. The summed E-state index contributed by atoms with van der Waals surface area (Å²) >= 11 is 0. The molecule has 0 unspecified atom stereocenters. The smallest absolute Gasteiger partial charge is 0.240 e. The topological polar surface area (TPSA) is 142 Å². The van der Waals surface area contributed by atoms with Gasteiger partial charge in [-0.3, -0.25) is 4.79 Å². The molecule has 12 heteroatoms. The van der Waals surface area contributed by atoms with Crippen LogP contribution in [0.3, 0.4) is 0 Å². The van der Waals surface area contributed by atoms with Gasteiger partial charge in [0, 0.05) is 30.8 Å². The van der Waals surface area contributed by atoms with E-state index in [4.69, 9.17) is 29.9 Å². The number of fused-ring (bicyclic) bond motifs is 1. The highest BCUT2D eigenvalue weighted by atomic mass is 16.5. The number of carbonyl (C=O) groups is 1. The summed E-state index contributed by atoms with van der Waals surface area (Å²) in [6, 6.07) is 3.32. The molecule has 1 atom stereocenters. The van der Waals surface area contributed by atoms with Crippen LogP contribution < -0.4 is 35.5 Å². The number of nitrogens with zero attached hydrogens (tertiary/aromatic N) is 5. The van der Waals surface area contributed by atoms with Crippen LogP contribution in [0.5, 0.6) is 17.2 Å². The van der Waals surface area contributed by atoms with Crippen molar-refractivity contribution in [3.05, 3.63) is 35.9 Å². The summed E-state index contributed by atoms with van der Waals surface area (Å²) in [5, 5.41) is 6.58. The molecule has 4 N–H and O–H groups in total. The van der Waals surface area contributed by atoms with Crippen LogP contribution in [0.2, 0.25) is 0 Å². The Balaban J connectivity index is 1.46. The standard InChI is InChI=1S/C24H30N8O4/c1-34-18-9-14(10-19(35-2)21(18)36-3)31-12-20(27-13-31)29-24-28-16-11-26-7-6-15(16)23(30-24)32-8-4-5-17(32)22(25)33/h9-10,12-13,17,26H,4-8,11H2,1-3H3,(H2,25,33)(H,28,29,30)/t17-/m0/s1. The molecular weight excluding hydrogens is 464 g/mol. The van der Waals surface area contributed by atoms with E-state index < -0.39 is 0 Å². The number of aromatic nitrogens is 4. The molecule has 0 bridgehead atoms. The minimum absolute atomic E-state index is 0.326. The molecule has 5 rings (SSSR count). The number of rotatable bonds is 8. The number of carbonyl (C=O) groups excluding carboxylic acids is 1. The number of benzene rings is 1. The molecule has 2 aliphatic heterocycles. The van der Waals surface area contributed by atoms with Crippen LogP contribution in [0.15, 0.2) is 24.7 Å². The second-order valence-electron chi connectivity index (χ2n) is 8.65. The van der Waals surface area contributed by atoms with Crippen LogP contribution in [-0.2, 0) is 17.8 Å². The van der Waals surface area contributed by atoms with Gasteiger partial charge in [-0.25, -0.2) is 9.97 Å². The first-order valence-corrected chi connectivity index (χ1v) is 11.8. The van der Waals surface area contributed by atoms with Gasteiger partial charge in [0.1, 0.15) is 18.2 Å². The van der Waals surface area contributed by atoms with Crippen molar-refractivity contribution in [3.8, 4) is 22.9 Å². The molecule has 4 heterocycles. The van der Waals surface area contributed by atoms with E-state index in [9.17, 15) is 4.79 Å². The third-order valence-electron chi connectivity index (χ3n) is 6.54. The Bertz CT molecular complexity index is 1250. The number of nitrogens with one attached hydrogen (secondary N) is 2. The zero-order valence-electron chi connectivity index (χ0n) is 20.6. The van der Waals surface area contributed by atoms with Crippen molar-refractivity contribution in [3.63, 3.8) is 0 Å². The maximum atomic E-state index is 12.1. The van der Waals surface area contributed by atoms with E-state index in [-0.39, 0.29) is 11.9 Å². The van der Waals surface area contributed by atoms with E-state index >= 15 is 0 Å². The third kappa shape index (κ3) is 4.35. The molecule has 0 aliphatic carbocycles. The molecule has 1 saturated heterocycles. The third-order valence-corrected chi connectivity index (χ3v) is 6.54.